The van der Waals surface area contributed by atoms with Gasteiger partial charge < -0.3 is 25.4 Å². The number of ether oxygens (including phenoxy) is 2. The van der Waals surface area contributed by atoms with Crippen molar-refractivity contribution in [1.82, 2.24) is 19.5 Å². The summed E-state index contributed by atoms with van der Waals surface area (Å²) in [6.45, 7) is -0.552. The Morgan fingerprint density at radius 2 is 2.07 bits per heavy atom. The van der Waals surface area contributed by atoms with Crippen molar-refractivity contribution in [2.45, 2.75) is 31.0 Å². The minimum absolute atomic E-state index is 0.0373. The lowest BCUT2D eigenvalue weighted by Crippen LogP contribution is -2.47. The van der Waals surface area contributed by atoms with Gasteiger partial charge in [0.15, 0.2) is 11.2 Å². The standard InChI is InChI=1S/C18H21N5O5/c19-17-21-15-14(16(26)22-17)20-10-23(15)13-6-12(18(8-24,9-25)28-13)27-7-11-4-2-1-3-5-11/h1-5,10,12-13,24-25H,6-9H2,(H3,19,21,22,26)/t12-,13+/m0/s1. The first-order valence-corrected chi connectivity index (χ1v) is 8.83. The topological polar surface area (TPSA) is 149 Å². The molecule has 1 fully saturated rings. The molecular formula is C18H21N5O5. The molecule has 1 aromatic carbocycles. The van der Waals surface area contributed by atoms with Crippen LogP contribution in [-0.2, 0) is 16.1 Å². The second kappa shape index (κ2) is 7.32. The summed E-state index contributed by atoms with van der Waals surface area (Å²) in [6, 6.07) is 9.57. The van der Waals surface area contributed by atoms with Gasteiger partial charge in [-0.1, -0.05) is 30.3 Å². The highest BCUT2D eigenvalue weighted by Crippen LogP contribution is 2.39. The molecule has 3 heterocycles. The molecule has 0 radical (unpaired) electrons. The number of rotatable bonds is 6. The van der Waals surface area contributed by atoms with E-state index in [9.17, 15) is 15.0 Å². The second-order valence-corrected chi connectivity index (χ2v) is 6.75. The minimum atomic E-state index is -1.29. The van der Waals surface area contributed by atoms with Crippen LogP contribution in [-0.4, -0.2) is 54.7 Å². The van der Waals surface area contributed by atoms with Crippen LogP contribution in [0, 0.1) is 0 Å². The summed E-state index contributed by atoms with van der Waals surface area (Å²) in [5, 5.41) is 19.8. The van der Waals surface area contributed by atoms with Crippen LogP contribution in [0.15, 0.2) is 41.5 Å². The van der Waals surface area contributed by atoms with E-state index in [-0.39, 0.29) is 17.1 Å². The summed E-state index contributed by atoms with van der Waals surface area (Å²) in [7, 11) is 0. The number of imidazole rings is 1. The number of anilines is 1. The molecule has 1 aliphatic rings. The Labute approximate surface area is 159 Å². The SMILES string of the molecule is Nc1nc2c(ncn2[C@H]2C[C@H](OCc3ccccc3)C(CO)(CO)O2)c(=O)[nH]1. The average molecular weight is 387 g/mol. The van der Waals surface area contributed by atoms with Crippen LogP contribution >= 0.6 is 0 Å². The number of nitrogen functional groups attached to an aromatic ring is 1. The zero-order valence-electron chi connectivity index (χ0n) is 15.0. The maximum atomic E-state index is 12.0. The van der Waals surface area contributed by atoms with Gasteiger partial charge in [-0.2, -0.15) is 4.98 Å². The summed E-state index contributed by atoms with van der Waals surface area (Å²) in [4.78, 5) is 22.6. The van der Waals surface area contributed by atoms with Crippen molar-refractivity contribution in [2.24, 2.45) is 0 Å². The first kappa shape index (κ1) is 18.6. The van der Waals surface area contributed by atoms with Crippen molar-refractivity contribution in [3.05, 3.63) is 52.6 Å². The number of H-pyrrole nitrogens is 1. The molecule has 2 atom stereocenters. The summed E-state index contributed by atoms with van der Waals surface area (Å²) < 4.78 is 13.5. The van der Waals surface area contributed by atoms with E-state index in [1.807, 2.05) is 30.3 Å². The molecule has 1 saturated heterocycles. The molecule has 0 amide bonds. The van der Waals surface area contributed by atoms with E-state index in [1.165, 1.54) is 6.33 Å². The number of aliphatic hydroxyl groups excluding tert-OH is 2. The van der Waals surface area contributed by atoms with Crippen LogP contribution in [0.2, 0.25) is 0 Å². The van der Waals surface area contributed by atoms with Crippen LogP contribution in [0.25, 0.3) is 11.2 Å². The van der Waals surface area contributed by atoms with Gasteiger partial charge in [0.2, 0.25) is 5.95 Å². The highest BCUT2D eigenvalue weighted by atomic mass is 16.6. The Morgan fingerprint density at radius 1 is 1.32 bits per heavy atom. The molecule has 28 heavy (non-hydrogen) atoms. The van der Waals surface area contributed by atoms with Gasteiger partial charge in [-0.25, -0.2) is 4.98 Å². The predicted molar refractivity (Wildman–Crippen MR) is 99.2 cm³/mol. The first-order valence-electron chi connectivity index (χ1n) is 8.83. The van der Waals surface area contributed by atoms with E-state index >= 15 is 0 Å². The van der Waals surface area contributed by atoms with Gasteiger partial charge in [0.1, 0.15) is 11.8 Å². The quantitative estimate of drug-likeness (QED) is 0.459. The summed E-state index contributed by atoms with van der Waals surface area (Å²) >= 11 is 0. The molecule has 5 N–H and O–H groups in total. The molecule has 0 spiro atoms. The Hall–Kier alpha value is -2.79. The number of fused-ring (bicyclic) bond motifs is 1. The smallest absolute Gasteiger partial charge is 0.280 e. The summed E-state index contributed by atoms with van der Waals surface area (Å²) in [5.74, 6) is -0.0373. The number of hydrogen-bond donors (Lipinski definition) is 4. The van der Waals surface area contributed by atoms with E-state index in [2.05, 4.69) is 15.0 Å². The van der Waals surface area contributed by atoms with Gasteiger partial charge in [-0.05, 0) is 5.56 Å². The van der Waals surface area contributed by atoms with Crippen molar-refractivity contribution >= 4 is 17.1 Å². The van der Waals surface area contributed by atoms with Gasteiger partial charge in [-0.3, -0.25) is 14.3 Å². The highest BCUT2D eigenvalue weighted by molar-refractivity contribution is 5.70. The van der Waals surface area contributed by atoms with Crippen LogP contribution in [0.3, 0.4) is 0 Å². The number of nitrogens with one attached hydrogen (secondary N) is 1. The minimum Gasteiger partial charge on any atom is -0.393 e. The van der Waals surface area contributed by atoms with Gasteiger partial charge in [0.25, 0.3) is 5.56 Å². The average Bonchev–Trinajstić information content (AvgIpc) is 3.29. The Balaban J connectivity index is 1.62. The molecule has 0 bridgehead atoms. The van der Waals surface area contributed by atoms with Crippen LogP contribution in [0.4, 0.5) is 5.95 Å². The molecule has 10 nitrogen and oxygen atoms in total. The van der Waals surface area contributed by atoms with Gasteiger partial charge in [-0.15, -0.1) is 0 Å². The monoisotopic (exact) mass is 387 g/mol. The number of aliphatic hydroxyl groups is 2. The fraction of sp³-hybridized carbons (Fsp3) is 0.389. The van der Waals surface area contributed by atoms with E-state index in [0.29, 0.717) is 13.0 Å². The maximum absolute atomic E-state index is 12.0. The Bertz CT molecular complexity index is 1010. The van der Waals surface area contributed by atoms with Crippen molar-refractivity contribution in [3.63, 3.8) is 0 Å². The third-order valence-electron chi connectivity index (χ3n) is 4.96. The third kappa shape index (κ3) is 3.16. The lowest BCUT2D eigenvalue weighted by atomic mass is 9.98. The molecule has 0 aliphatic carbocycles. The largest absolute Gasteiger partial charge is 0.393 e. The van der Waals surface area contributed by atoms with Crippen molar-refractivity contribution in [3.8, 4) is 0 Å². The second-order valence-electron chi connectivity index (χ2n) is 6.75. The van der Waals surface area contributed by atoms with Gasteiger partial charge >= 0.3 is 0 Å². The summed E-state index contributed by atoms with van der Waals surface area (Å²) in [5.41, 5.74) is 5.26. The van der Waals surface area contributed by atoms with Gasteiger partial charge in [0.05, 0.1) is 32.3 Å². The maximum Gasteiger partial charge on any atom is 0.280 e. The number of aromatic amines is 1. The summed E-state index contributed by atoms with van der Waals surface area (Å²) in [6.07, 6.45) is 0.535. The molecule has 2 aromatic heterocycles. The molecule has 4 rings (SSSR count). The molecule has 0 saturated carbocycles. The zero-order valence-corrected chi connectivity index (χ0v) is 15.0. The highest BCUT2D eigenvalue weighted by Gasteiger charge is 2.50. The molecule has 148 valence electrons. The predicted octanol–water partition coefficient (Wildman–Crippen LogP) is -0.0705. The zero-order chi connectivity index (χ0) is 19.7. The van der Waals surface area contributed by atoms with E-state index in [1.54, 1.807) is 4.57 Å². The van der Waals surface area contributed by atoms with E-state index in [4.69, 9.17) is 15.2 Å². The number of hydrogen-bond acceptors (Lipinski definition) is 8. The Kier molecular flexibility index (Phi) is 4.85. The lowest BCUT2D eigenvalue weighted by Gasteiger charge is -2.30. The number of nitrogens with two attached hydrogens (primary N) is 1. The fourth-order valence-corrected chi connectivity index (χ4v) is 3.44. The fourth-order valence-electron chi connectivity index (χ4n) is 3.44. The van der Waals surface area contributed by atoms with E-state index in [0.717, 1.165) is 5.56 Å². The molecular weight excluding hydrogens is 366 g/mol. The van der Waals surface area contributed by atoms with Gasteiger partial charge in [0, 0.05) is 6.42 Å². The van der Waals surface area contributed by atoms with Crippen LogP contribution in [0.5, 0.6) is 0 Å². The Morgan fingerprint density at radius 3 is 2.79 bits per heavy atom. The molecule has 3 aromatic rings. The normalized spacial score (nSPS) is 21.4. The number of nitrogens with zero attached hydrogens (tertiary/aromatic N) is 3. The number of benzene rings is 1. The molecule has 1 aliphatic heterocycles. The number of aromatic nitrogens is 4. The van der Waals surface area contributed by atoms with Crippen molar-refractivity contribution in [1.29, 1.82) is 0 Å². The van der Waals surface area contributed by atoms with Crippen LogP contribution < -0.4 is 11.3 Å². The van der Waals surface area contributed by atoms with Crippen molar-refractivity contribution < 1.29 is 19.7 Å². The third-order valence-corrected chi connectivity index (χ3v) is 4.96. The lowest BCUT2D eigenvalue weighted by molar-refractivity contribution is -0.162. The first-order chi connectivity index (χ1) is 13.6. The van der Waals surface area contributed by atoms with Crippen molar-refractivity contribution in [2.75, 3.05) is 18.9 Å². The van der Waals surface area contributed by atoms with E-state index < -0.39 is 36.7 Å². The molecule has 10 heteroatoms. The molecule has 0 unspecified atom stereocenters. The van der Waals surface area contributed by atoms with Crippen LogP contribution in [0.1, 0.15) is 18.2 Å².